The van der Waals surface area contributed by atoms with Gasteiger partial charge in [0.15, 0.2) is 0 Å². The van der Waals surface area contributed by atoms with Crippen LogP contribution in [0.25, 0.3) is 17.5 Å². The Labute approximate surface area is 174 Å². The number of allylic oxidation sites excluding steroid dienone is 1. The predicted molar refractivity (Wildman–Crippen MR) is 115 cm³/mol. The Balaban J connectivity index is 1.57. The van der Waals surface area contributed by atoms with E-state index in [0.29, 0.717) is 11.8 Å². The van der Waals surface area contributed by atoms with Crippen molar-refractivity contribution in [1.82, 2.24) is 39.7 Å². The fourth-order valence-corrected chi connectivity index (χ4v) is 3.08. The molecule has 3 heterocycles. The summed E-state index contributed by atoms with van der Waals surface area (Å²) < 4.78 is 1.93. The molecule has 0 aliphatic carbocycles. The molecule has 9 nitrogen and oxygen atoms in total. The van der Waals surface area contributed by atoms with Crippen molar-refractivity contribution in [3.05, 3.63) is 71.7 Å². The molecule has 0 aliphatic rings. The quantitative estimate of drug-likeness (QED) is 0.529. The van der Waals surface area contributed by atoms with E-state index >= 15 is 0 Å². The molecule has 30 heavy (non-hydrogen) atoms. The number of aromatic nitrogens is 8. The van der Waals surface area contributed by atoms with E-state index < -0.39 is 0 Å². The third-order valence-corrected chi connectivity index (χ3v) is 4.79. The van der Waals surface area contributed by atoms with E-state index in [1.165, 1.54) is 10.4 Å². The summed E-state index contributed by atoms with van der Waals surface area (Å²) in [5.74, 6) is 1.89. The summed E-state index contributed by atoms with van der Waals surface area (Å²) >= 11 is 0. The summed E-state index contributed by atoms with van der Waals surface area (Å²) in [6, 6.07) is 12.1. The number of anilines is 1. The van der Waals surface area contributed by atoms with Crippen LogP contribution >= 0.6 is 0 Å². The van der Waals surface area contributed by atoms with Crippen molar-refractivity contribution in [2.45, 2.75) is 26.8 Å². The first-order valence-corrected chi connectivity index (χ1v) is 9.63. The lowest BCUT2D eigenvalue weighted by atomic mass is 10.1. The van der Waals surface area contributed by atoms with Crippen LogP contribution in [-0.2, 0) is 7.05 Å². The van der Waals surface area contributed by atoms with Crippen molar-refractivity contribution in [3.63, 3.8) is 0 Å². The summed E-state index contributed by atoms with van der Waals surface area (Å²) in [4.78, 5) is 15.0. The number of imidazole rings is 1. The highest BCUT2D eigenvalue weighted by Gasteiger charge is 2.12. The Hall–Kier alpha value is -3.88. The van der Waals surface area contributed by atoms with E-state index in [-0.39, 0.29) is 6.04 Å². The normalized spacial score (nSPS) is 12.7. The van der Waals surface area contributed by atoms with Crippen LogP contribution in [0.4, 0.5) is 5.95 Å². The molecular formula is C21H23N9. The van der Waals surface area contributed by atoms with Crippen molar-refractivity contribution in [1.29, 1.82) is 0 Å². The average Bonchev–Trinajstić information content (AvgIpc) is 3.35. The van der Waals surface area contributed by atoms with Gasteiger partial charge in [-0.3, -0.25) is 4.57 Å². The predicted octanol–water partition coefficient (Wildman–Crippen LogP) is 3.23. The van der Waals surface area contributed by atoms with Crippen LogP contribution in [0, 0.1) is 6.92 Å². The molecular weight excluding hydrogens is 378 g/mol. The van der Waals surface area contributed by atoms with Crippen molar-refractivity contribution in [3.8, 4) is 5.82 Å². The summed E-state index contributed by atoms with van der Waals surface area (Å²) in [5.41, 5.74) is 3.84. The molecule has 0 amide bonds. The number of tetrazole rings is 1. The average molecular weight is 401 g/mol. The van der Waals surface area contributed by atoms with Crippen LogP contribution in [0.5, 0.6) is 0 Å². The summed E-state index contributed by atoms with van der Waals surface area (Å²) in [6.45, 7) is 6.02. The first kappa shape index (κ1) is 19.4. The summed E-state index contributed by atoms with van der Waals surface area (Å²) in [7, 11) is 1.74. The van der Waals surface area contributed by atoms with Crippen molar-refractivity contribution >= 4 is 17.6 Å². The van der Waals surface area contributed by atoms with Crippen LogP contribution in [0.3, 0.4) is 0 Å². The number of benzene rings is 1. The van der Waals surface area contributed by atoms with Gasteiger partial charge < -0.3 is 5.32 Å². The minimum absolute atomic E-state index is 0.0889. The van der Waals surface area contributed by atoms with E-state index in [9.17, 15) is 0 Å². The monoisotopic (exact) mass is 401 g/mol. The molecule has 3 aromatic heterocycles. The molecule has 0 radical (unpaired) electrons. The van der Waals surface area contributed by atoms with Crippen LogP contribution in [0.15, 0.2) is 48.9 Å². The first-order chi connectivity index (χ1) is 14.5. The molecule has 0 saturated carbocycles. The third-order valence-electron chi connectivity index (χ3n) is 4.79. The maximum Gasteiger partial charge on any atom is 0.225 e. The zero-order valence-electron chi connectivity index (χ0n) is 17.4. The third kappa shape index (κ3) is 4.09. The number of hydrogen-bond acceptors (Lipinski definition) is 7. The SMILES string of the molecule is C/C(=C\c1ncn(-c2ccnc(N[C@@H](C)c3ccccc3)n2)c1C)c1nnn(C)n1. The Morgan fingerprint density at radius 3 is 2.67 bits per heavy atom. The fraction of sp³-hybridized carbons (Fsp3) is 0.238. The maximum atomic E-state index is 4.67. The number of rotatable bonds is 6. The molecule has 0 unspecified atom stereocenters. The van der Waals surface area contributed by atoms with Crippen molar-refractivity contribution in [2.75, 3.05) is 5.32 Å². The van der Waals surface area contributed by atoms with Gasteiger partial charge in [-0.15, -0.1) is 10.2 Å². The van der Waals surface area contributed by atoms with Crippen molar-refractivity contribution in [2.24, 2.45) is 7.05 Å². The molecule has 0 spiro atoms. The van der Waals surface area contributed by atoms with Gasteiger partial charge in [-0.2, -0.15) is 9.78 Å². The lowest BCUT2D eigenvalue weighted by molar-refractivity contribution is 0.629. The highest BCUT2D eigenvalue weighted by Crippen LogP contribution is 2.20. The molecule has 4 rings (SSSR count). The second-order valence-corrected chi connectivity index (χ2v) is 7.03. The van der Waals surface area contributed by atoms with Gasteiger partial charge in [0.1, 0.15) is 12.1 Å². The molecule has 0 saturated heterocycles. The van der Waals surface area contributed by atoms with Gasteiger partial charge in [0.2, 0.25) is 11.8 Å². The Morgan fingerprint density at radius 1 is 1.13 bits per heavy atom. The number of hydrogen-bond donors (Lipinski definition) is 1. The minimum Gasteiger partial charge on any atom is -0.348 e. The van der Waals surface area contributed by atoms with Crippen LogP contribution in [0.2, 0.25) is 0 Å². The summed E-state index contributed by atoms with van der Waals surface area (Å²) in [5, 5.41) is 15.5. The van der Waals surface area contributed by atoms with Crippen LogP contribution < -0.4 is 5.32 Å². The topological polar surface area (TPSA) is 99.2 Å². The molecule has 4 aromatic rings. The van der Waals surface area contributed by atoms with E-state index in [2.05, 4.69) is 54.7 Å². The fourth-order valence-electron chi connectivity index (χ4n) is 3.08. The van der Waals surface area contributed by atoms with Crippen LogP contribution in [0.1, 0.15) is 42.7 Å². The molecule has 0 fully saturated rings. The standard InChI is InChI=1S/C21H23N9/c1-14(20-26-28-29(4)27-20)12-18-16(3)30(13-23-18)19-10-11-22-21(25-19)24-15(2)17-8-6-5-7-9-17/h5-13,15H,1-4H3,(H,22,24,25)/b14-12+/t15-/m0/s1. The highest BCUT2D eigenvalue weighted by molar-refractivity contribution is 5.76. The summed E-state index contributed by atoms with van der Waals surface area (Å²) in [6.07, 6.45) is 5.44. The Morgan fingerprint density at radius 2 is 1.93 bits per heavy atom. The van der Waals surface area contributed by atoms with Gasteiger partial charge in [0.05, 0.1) is 18.8 Å². The zero-order chi connectivity index (χ0) is 21.1. The largest absolute Gasteiger partial charge is 0.348 e. The van der Waals surface area contributed by atoms with Crippen LogP contribution in [-0.4, -0.2) is 39.7 Å². The number of nitrogens with one attached hydrogen (secondary N) is 1. The molecule has 0 aliphatic heterocycles. The van der Waals surface area contributed by atoms with Gasteiger partial charge >= 0.3 is 0 Å². The van der Waals surface area contributed by atoms with Crippen molar-refractivity contribution < 1.29 is 0 Å². The second kappa shape index (κ2) is 8.24. The zero-order valence-corrected chi connectivity index (χ0v) is 17.4. The van der Waals surface area contributed by atoms with Gasteiger partial charge in [-0.05, 0) is 49.3 Å². The number of nitrogens with zero attached hydrogens (tertiary/aromatic N) is 8. The Kier molecular flexibility index (Phi) is 5.34. The van der Waals surface area contributed by atoms with Gasteiger partial charge in [0, 0.05) is 11.9 Å². The first-order valence-electron chi connectivity index (χ1n) is 9.63. The highest BCUT2D eigenvalue weighted by atomic mass is 15.6. The number of aryl methyl sites for hydroxylation is 1. The minimum atomic E-state index is 0.0889. The van der Waals surface area contributed by atoms with E-state index in [0.717, 1.165) is 22.8 Å². The second-order valence-electron chi connectivity index (χ2n) is 7.03. The van der Waals surface area contributed by atoms with Gasteiger partial charge in [-0.1, -0.05) is 30.3 Å². The van der Waals surface area contributed by atoms with E-state index in [4.69, 9.17) is 0 Å². The van der Waals surface area contributed by atoms with Gasteiger partial charge in [-0.25, -0.2) is 9.97 Å². The molecule has 9 heteroatoms. The molecule has 1 aromatic carbocycles. The molecule has 152 valence electrons. The molecule has 0 bridgehead atoms. The van der Waals surface area contributed by atoms with E-state index in [1.54, 1.807) is 19.6 Å². The maximum absolute atomic E-state index is 4.67. The molecule has 1 N–H and O–H groups in total. The lowest BCUT2D eigenvalue weighted by Gasteiger charge is -2.14. The van der Waals surface area contributed by atoms with E-state index in [1.807, 2.05) is 48.8 Å². The lowest BCUT2D eigenvalue weighted by Crippen LogP contribution is -2.10. The molecule has 1 atom stereocenters. The Bertz CT molecular complexity index is 1170. The van der Waals surface area contributed by atoms with Gasteiger partial charge in [0.25, 0.3) is 0 Å². The smallest absolute Gasteiger partial charge is 0.225 e.